The van der Waals surface area contributed by atoms with Gasteiger partial charge in [-0.3, -0.25) is 0 Å². The van der Waals surface area contributed by atoms with E-state index >= 15 is 0 Å². The van der Waals surface area contributed by atoms with Crippen LogP contribution in [0, 0.1) is 17.3 Å². The maximum Gasteiger partial charge on any atom is 0.0537 e. The average molecular weight is 198 g/mol. The van der Waals surface area contributed by atoms with Crippen LogP contribution in [0.15, 0.2) is 0 Å². The van der Waals surface area contributed by atoms with Gasteiger partial charge in [0.25, 0.3) is 0 Å². The summed E-state index contributed by atoms with van der Waals surface area (Å²) in [7, 11) is 0. The molecule has 0 aromatic rings. The second kappa shape index (κ2) is 4.65. The van der Waals surface area contributed by atoms with Gasteiger partial charge >= 0.3 is 0 Å². The van der Waals surface area contributed by atoms with Gasteiger partial charge in [-0.05, 0) is 43.4 Å². The molecule has 0 aliphatic heterocycles. The van der Waals surface area contributed by atoms with Crippen molar-refractivity contribution < 1.29 is 5.11 Å². The molecule has 2 atom stereocenters. The smallest absolute Gasteiger partial charge is 0.0537 e. The first kappa shape index (κ1) is 12.0. The van der Waals surface area contributed by atoms with Gasteiger partial charge in [0.2, 0.25) is 0 Å². The quantitative estimate of drug-likeness (QED) is 0.734. The van der Waals surface area contributed by atoms with Crippen LogP contribution in [0.3, 0.4) is 0 Å². The van der Waals surface area contributed by atoms with Crippen molar-refractivity contribution >= 4 is 0 Å². The minimum atomic E-state index is -0.147. The van der Waals surface area contributed by atoms with Gasteiger partial charge < -0.3 is 5.11 Å². The molecule has 0 spiro atoms. The number of hydrogen-bond donors (Lipinski definition) is 1. The molecule has 1 heteroatoms. The van der Waals surface area contributed by atoms with Crippen LogP contribution < -0.4 is 0 Å². The summed E-state index contributed by atoms with van der Waals surface area (Å²) in [5.74, 6) is 1.37. The van der Waals surface area contributed by atoms with E-state index in [1.165, 1.54) is 32.1 Å². The fourth-order valence-corrected chi connectivity index (χ4v) is 2.61. The first-order valence-corrected chi connectivity index (χ1v) is 6.11. The molecule has 1 N–H and O–H groups in total. The van der Waals surface area contributed by atoms with Crippen LogP contribution in [-0.2, 0) is 0 Å². The van der Waals surface area contributed by atoms with Crippen molar-refractivity contribution in [2.24, 2.45) is 17.3 Å². The SMILES string of the molecule is CC1CCC(C)(CC(C)C(C)O)CC1. The average Bonchev–Trinajstić information content (AvgIpc) is 2.10. The highest BCUT2D eigenvalue weighted by molar-refractivity contribution is 4.83. The van der Waals surface area contributed by atoms with Crippen molar-refractivity contribution in [2.75, 3.05) is 0 Å². The van der Waals surface area contributed by atoms with E-state index in [1.807, 2.05) is 6.92 Å². The van der Waals surface area contributed by atoms with Crippen molar-refractivity contribution in [1.29, 1.82) is 0 Å². The molecule has 1 rings (SSSR count). The number of aliphatic hydroxyl groups is 1. The third kappa shape index (κ3) is 3.27. The predicted octanol–water partition coefficient (Wildman–Crippen LogP) is 3.61. The van der Waals surface area contributed by atoms with E-state index in [0.29, 0.717) is 11.3 Å². The first-order valence-electron chi connectivity index (χ1n) is 6.11. The molecule has 0 aromatic heterocycles. The largest absolute Gasteiger partial charge is 0.393 e. The van der Waals surface area contributed by atoms with Crippen molar-refractivity contribution in [3.8, 4) is 0 Å². The number of rotatable bonds is 3. The number of aliphatic hydroxyl groups excluding tert-OH is 1. The standard InChI is InChI=1S/C13H26O/c1-10-5-7-13(4,8-6-10)9-11(2)12(3)14/h10-12,14H,5-9H2,1-4H3. The van der Waals surface area contributed by atoms with Gasteiger partial charge in [-0.15, -0.1) is 0 Å². The van der Waals surface area contributed by atoms with Crippen LogP contribution in [0.4, 0.5) is 0 Å². The highest BCUT2D eigenvalue weighted by atomic mass is 16.3. The first-order chi connectivity index (χ1) is 6.43. The second-order valence-corrected chi connectivity index (χ2v) is 5.92. The zero-order valence-electron chi connectivity index (χ0n) is 10.2. The Morgan fingerprint density at radius 1 is 1.29 bits per heavy atom. The second-order valence-electron chi connectivity index (χ2n) is 5.92. The maximum atomic E-state index is 9.52. The topological polar surface area (TPSA) is 20.2 Å². The molecule has 2 unspecified atom stereocenters. The van der Waals surface area contributed by atoms with E-state index < -0.39 is 0 Å². The predicted molar refractivity (Wildman–Crippen MR) is 61.2 cm³/mol. The summed E-state index contributed by atoms with van der Waals surface area (Å²) in [5.41, 5.74) is 0.503. The zero-order chi connectivity index (χ0) is 10.8. The Morgan fingerprint density at radius 3 is 2.21 bits per heavy atom. The van der Waals surface area contributed by atoms with Crippen LogP contribution >= 0.6 is 0 Å². The molecule has 0 saturated heterocycles. The van der Waals surface area contributed by atoms with Crippen LogP contribution in [-0.4, -0.2) is 11.2 Å². The Morgan fingerprint density at radius 2 is 1.79 bits per heavy atom. The maximum absolute atomic E-state index is 9.52. The Labute approximate surface area is 88.9 Å². The van der Waals surface area contributed by atoms with Gasteiger partial charge in [0, 0.05) is 0 Å². The molecular formula is C13H26O. The fraction of sp³-hybridized carbons (Fsp3) is 1.00. The molecule has 1 fully saturated rings. The molecule has 0 heterocycles. The van der Waals surface area contributed by atoms with Gasteiger partial charge in [-0.1, -0.05) is 33.6 Å². The molecule has 14 heavy (non-hydrogen) atoms. The molecule has 0 radical (unpaired) electrons. The minimum absolute atomic E-state index is 0.147. The highest BCUT2D eigenvalue weighted by Crippen LogP contribution is 2.43. The van der Waals surface area contributed by atoms with Crippen LogP contribution in [0.25, 0.3) is 0 Å². The molecular weight excluding hydrogens is 172 g/mol. The minimum Gasteiger partial charge on any atom is -0.393 e. The van der Waals surface area contributed by atoms with Gasteiger partial charge in [0.1, 0.15) is 0 Å². The van der Waals surface area contributed by atoms with E-state index in [4.69, 9.17) is 0 Å². The highest BCUT2D eigenvalue weighted by Gasteiger charge is 2.31. The lowest BCUT2D eigenvalue weighted by molar-refractivity contribution is 0.0727. The van der Waals surface area contributed by atoms with Crippen molar-refractivity contribution in [3.05, 3.63) is 0 Å². The van der Waals surface area contributed by atoms with E-state index in [2.05, 4.69) is 20.8 Å². The van der Waals surface area contributed by atoms with Crippen molar-refractivity contribution in [2.45, 2.75) is 65.9 Å². The van der Waals surface area contributed by atoms with Gasteiger partial charge in [-0.25, -0.2) is 0 Å². The Hall–Kier alpha value is -0.0400. The lowest BCUT2D eigenvalue weighted by atomic mass is 9.68. The van der Waals surface area contributed by atoms with E-state index in [0.717, 1.165) is 5.92 Å². The van der Waals surface area contributed by atoms with Crippen LogP contribution in [0.5, 0.6) is 0 Å². The molecule has 1 aliphatic carbocycles. The Bertz CT molecular complexity index is 166. The van der Waals surface area contributed by atoms with Crippen LogP contribution in [0.2, 0.25) is 0 Å². The molecule has 1 saturated carbocycles. The third-order valence-corrected chi connectivity index (χ3v) is 4.12. The Kier molecular flexibility index (Phi) is 4.00. The molecule has 1 aliphatic rings. The molecule has 84 valence electrons. The van der Waals surface area contributed by atoms with Gasteiger partial charge in [0.15, 0.2) is 0 Å². The molecule has 1 nitrogen and oxygen atoms in total. The van der Waals surface area contributed by atoms with Gasteiger partial charge in [0.05, 0.1) is 6.10 Å². The monoisotopic (exact) mass is 198 g/mol. The van der Waals surface area contributed by atoms with E-state index in [9.17, 15) is 5.11 Å². The van der Waals surface area contributed by atoms with E-state index in [1.54, 1.807) is 0 Å². The van der Waals surface area contributed by atoms with E-state index in [-0.39, 0.29) is 6.10 Å². The summed E-state index contributed by atoms with van der Waals surface area (Å²) in [6.07, 6.45) is 6.51. The Balaban J connectivity index is 2.42. The lowest BCUT2D eigenvalue weighted by Gasteiger charge is -2.38. The summed E-state index contributed by atoms with van der Waals surface area (Å²) < 4.78 is 0. The molecule has 0 amide bonds. The molecule has 0 aromatic carbocycles. The summed E-state index contributed by atoms with van der Waals surface area (Å²) in [6, 6.07) is 0. The lowest BCUT2D eigenvalue weighted by Crippen LogP contribution is -2.28. The van der Waals surface area contributed by atoms with Crippen molar-refractivity contribution in [3.63, 3.8) is 0 Å². The summed E-state index contributed by atoms with van der Waals surface area (Å²) in [5, 5.41) is 9.52. The molecule has 0 bridgehead atoms. The van der Waals surface area contributed by atoms with Crippen molar-refractivity contribution in [1.82, 2.24) is 0 Å². The fourth-order valence-electron chi connectivity index (χ4n) is 2.61. The van der Waals surface area contributed by atoms with Crippen LogP contribution in [0.1, 0.15) is 59.8 Å². The number of hydrogen-bond acceptors (Lipinski definition) is 1. The summed E-state index contributed by atoms with van der Waals surface area (Å²) in [4.78, 5) is 0. The normalized spacial score (nSPS) is 37.9. The summed E-state index contributed by atoms with van der Waals surface area (Å²) >= 11 is 0. The zero-order valence-corrected chi connectivity index (χ0v) is 10.2. The third-order valence-electron chi connectivity index (χ3n) is 4.12. The summed E-state index contributed by atoms with van der Waals surface area (Å²) in [6.45, 7) is 8.85. The van der Waals surface area contributed by atoms with Gasteiger partial charge in [-0.2, -0.15) is 0 Å².